The summed E-state index contributed by atoms with van der Waals surface area (Å²) in [5.41, 5.74) is 3.48. The number of nitrogens with one attached hydrogen (secondary N) is 1. The van der Waals surface area contributed by atoms with Crippen molar-refractivity contribution in [2.45, 2.75) is 43.9 Å². The van der Waals surface area contributed by atoms with Crippen LogP contribution in [0.2, 0.25) is 0 Å². The average molecular weight is 290 g/mol. The number of halogens is 3. The van der Waals surface area contributed by atoms with E-state index in [9.17, 15) is 18.0 Å². The smallest absolute Gasteiger partial charge is 0.366 e. The number of hydrogen-bond acceptors (Lipinski definition) is 4. The summed E-state index contributed by atoms with van der Waals surface area (Å²) in [6.07, 6.45) is -1.31. The second-order valence-electron chi connectivity index (χ2n) is 5.14. The lowest BCUT2D eigenvalue weighted by atomic mass is 9.92. The Hall–Kier alpha value is -1.57. The van der Waals surface area contributed by atoms with E-state index in [-0.39, 0.29) is 17.9 Å². The number of nitrogens with zero attached hydrogens (tertiary/aromatic N) is 2. The summed E-state index contributed by atoms with van der Waals surface area (Å²) in [4.78, 5) is 11.4. The van der Waals surface area contributed by atoms with Gasteiger partial charge >= 0.3 is 6.18 Å². The quantitative estimate of drug-likeness (QED) is 0.865. The van der Waals surface area contributed by atoms with Gasteiger partial charge in [0.15, 0.2) is 0 Å². The zero-order valence-electron chi connectivity index (χ0n) is 11.1. The van der Waals surface area contributed by atoms with Gasteiger partial charge in [0.05, 0.1) is 0 Å². The number of rotatable bonds is 2. The Morgan fingerprint density at radius 3 is 2.75 bits per heavy atom. The van der Waals surface area contributed by atoms with Gasteiger partial charge in [0, 0.05) is 25.2 Å². The summed E-state index contributed by atoms with van der Waals surface area (Å²) < 4.78 is 39.0. The summed E-state index contributed by atoms with van der Waals surface area (Å²) in [7, 11) is 1.20. The molecule has 1 saturated carbocycles. The molecule has 1 aromatic heterocycles. The van der Waals surface area contributed by atoms with Crippen LogP contribution >= 0.6 is 0 Å². The van der Waals surface area contributed by atoms with Crippen LogP contribution in [0.25, 0.3) is 0 Å². The average Bonchev–Trinajstić information content (AvgIpc) is 2.32. The highest BCUT2D eigenvalue weighted by Gasteiger charge is 2.35. The summed E-state index contributed by atoms with van der Waals surface area (Å²) in [6.45, 7) is 0. The highest BCUT2D eigenvalue weighted by Crippen LogP contribution is 2.28. The molecule has 2 rings (SSSR count). The van der Waals surface area contributed by atoms with Gasteiger partial charge in [-0.3, -0.25) is 4.79 Å². The second kappa shape index (κ2) is 5.43. The Morgan fingerprint density at radius 2 is 2.15 bits per heavy atom. The van der Waals surface area contributed by atoms with Gasteiger partial charge in [-0.15, -0.1) is 0 Å². The molecule has 0 spiro atoms. The molecule has 0 saturated heterocycles. The Bertz CT molecular complexity index is 540. The first-order chi connectivity index (χ1) is 9.27. The fourth-order valence-electron chi connectivity index (χ4n) is 2.45. The molecule has 2 atom stereocenters. The van der Waals surface area contributed by atoms with Crippen molar-refractivity contribution in [1.82, 2.24) is 9.78 Å². The van der Waals surface area contributed by atoms with Crippen LogP contribution in [0.5, 0.6) is 0 Å². The topological polar surface area (TPSA) is 72.9 Å². The van der Waals surface area contributed by atoms with Crippen LogP contribution in [0, 0.1) is 0 Å². The first kappa shape index (κ1) is 14.8. The molecular weight excluding hydrogens is 273 g/mol. The second-order valence-corrected chi connectivity index (χ2v) is 5.14. The van der Waals surface area contributed by atoms with Crippen molar-refractivity contribution in [2.75, 3.05) is 5.32 Å². The third-order valence-corrected chi connectivity index (χ3v) is 3.44. The minimum atomic E-state index is -4.68. The van der Waals surface area contributed by atoms with Gasteiger partial charge in [0.25, 0.3) is 5.56 Å². The Morgan fingerprint density at radius 1 is 1.45 bits per heavy atom. The molecular formula is C12H17F3N4O. The van der Waals surface area contributed by atoms with E-state index in [2.05, 4.69) is 10.4 Å². The standard InChI is InChI=1S/C12H17F3N4O/c1-19-11(20)9(12(13,14)15)6-10(18-19)17-8-4-2-3-7(16)5-8/h6-8H,2-5,16H2,1H3,(H,17,18)/t7-,8+/m1/s1. The number of nitrogens with two attached hydrogens (primary N) is 1. The van der Waals surface area contributed by atoms with Gasteiger partial charge in [0.2, 0.25) is 0 Å². The van der Waals surface area contributed by atoms with Crippen LogP contribution in [0.15, 0.2) is 10.9 Å². The molecule has 0 bridgehead atoms. The zero-order chi connectivity index (χ0) is 14.9. The Kier molecular flexibility index (Phi) is 4.03. The first-order valence-electron chi connectivity index (χ1n) is 6.45. The molecule has 0 aromatic carbocycles. The highest BCUT2D eigenvalue weighted by molar-refractivity contribution is 5.38. The summed E-state index contributed by atoms with van der Waals surface area (Å²) in [5.74, 6) is 0.0542. The van der Waals surface area contributed by atoms with Gasteiger partial charge in [-0.1, -0.05) is 0 Å². The predicted octanol–water partition coefficient (Wildman–Crippen LogP) is 1.48. The van der Waals surface area contributed by atoms with Crippen molar-refractivity contribution in [3.8, 4) is 0 Å². The lowest BCUT2D eigenvalue weighted by Gasteiger charge is -2.27. The molecule has 5 nitrogen and oxygen atoms in total. The maximum Gasteiger partial charge on any atom is 0.421 e. The van der Waals surface area contributed by atoms with Gasteiger partial charge in [-0.25, -0.2) is 4.68 Å². The molecule has 0 unspecified atom stereocenters. The minimum Gasteiger partial charge on any atom is -0.366 e. The van der Waals surface area contributed by atoms with Crippen LogP contribution < -0.4 is 16.6 Å². The van der Waals surface area contributed by atoms with E-state index in [1.807, 2.05) is 0 Å². The summed E-state index contributed by atoms with van der Waals surface area (Å²) in [6, 6.07) is 0.809. The Balaban J connectivity index is 2.24. The zero-order valence-corrected chi connectivity index (χ0v) is 11.1. The van der Waals surface area contributed by atoms with Crippen LogP contribution in [-0.4, -0.2) is 21.9 Å². The SMILES string of the molecule is Cn1nc(N[C@H]2CCC[C@@H](N)C2)cc(C(F)(F)F)c1=O. The molecule has 1 aliphatic rings. The van der Waals surface area contributed by atoms with Crippen molar-refractivity contribution in [3.05, 3.63) is 22.0 Å². The van der Waals surface area contributed by atoms with Gasteiger partial charge in [-0.2, -0.15) is 18.3 Å². The maximum absolute atomic E-state index is 12.8. The fourth-order valence-corrected chi connectivity index (χ4v) is 2.45. The van der Waals surface area contributed by atoms with Crippen molar-refractivity contribution in [1.29, 1.82) is 0 Å². The molecule has 1 aromatic rings. The van der Waals surface area contributed by atoms with Crippen LogP contribution in [0.1, 0.15) is 31.2 Å². The molecule has 8 heteroatoms. The van der Waals surface area contributed by atoms with E-state index in [0.29, 0.717) is 11.1 Å². The third-order valence-electron chi connectivity index (χ3n) is 3.44. The molecule has 3 N–H and O–H groups in total. The number of aromatic nitrogens is 2. The van der Waals surface area contributed by atoms with E-state index in [4.69, 9.17) is 5.73 Å². The van der Waals surface area contributed by atoms with Crippen molar-refractivity contribution < 1.29 is 13.2 Å². The molecule has 0 amide bonds. The lowest BCUT2D eigenvalue weighted by molar-refractivity contribution is -0.139. The van der Waals surface area contributed by atoms with E-state index in [1.165, 1.54) is 7.05 Å². The molecule has 1 aliphatic carbocycles. The highest BCUT2D eigenvalue weighted by atomic mass is 19.4. The first-order valence-corrected chi connectivity index (χ1v) is 6.45. The molecule has 1 fully saturated rings. The number of aryl methyl sites for hydroxylation is 1. The fraction of sp³-hybridized carbons (Fsp3) is 0.667. The molecule has 0 radical (unpaired) electrons. The Labute approximate surface area is 114 Å². The molecule has 20 heavy (non-hydrogen) atoms. The van der Waals surface area contributed by atoms with E-state index < -0.39 is 17.3 Å². The van der Waals surface area contributed by atoms with E-state index in [1.54, 1.807) is 0 Å². The van der Waals surface area contributed by atoms with Crippen molar-refractivity contribution >= 4 is 5.82 Å². The normalized spacial score (nSPS) is 23.6. The summed E-state index contributed by atoms with van der Waals surface area (Å²) in [5, 5.41) is 6.76. The number of hydrogen-bond donors (Lipinski definition) is 2. The van der Waals surface area contributed by atoms with Crippen LogP contribution in [0.4, 0.5) is 19.0 Å². The lowest BCUT2D eigenvalue weighted by Crippen LogP contribution is -2.36. The van der Waals surface area contributed by atoms with Crippen LogP contribution in [0.3, 0.4) is 0 Å². The van der Waals surface area contributed by atoms with Gasteiger partial charge < -0.3 is 11.1 Å². The third kappa shape index (κ3) is 3.30. The minimum absolute atomic E-state index is 0.00941. The van der Waals surface area contributed by atoms with E-state index in [0.717, 1.165) is 25.3 Å². The van der Waals surface area contributed by atoms with Gasteiger partial charge in [0.1, 0.15) is 11.4 Å². The van der Waals surface area contributed by atoms with Crippen LogP contribution in [-0.2, 0) is 13.2 Å². The molecule has 112 valence electrons. The van der Waals surface area contributed by atoms with E-state index >= 15 is 0 Å². The predicted molar refractivity (Wildman–Crippen MR) is 68.3 cm³/mol. The largest absolute Gasteiger partial charge is 0.421 e. The van der Waals surface area contributed by atoms with Gasteiger partial charge in [-0.05, 0) is 25.7 Å². The van der Waals surface area contributed by atoms with Crippen molar-refractivity contribution in [3.63, 3.8) is 0 Å². The molecule has 0 aliphatic heterocycles. The number of anilines is 1. The maximum atomic E-state index is 12.8. The van der Waals surface area contributed by atoms with Crippen molar-refractivity contribution in [2.24, 2.45) is 12.8 Å². The monoisotopic (exact) mass is 290 g/mol. The molecule has 1 heterocycles. The summed E-state index contributed by atoms with van der Waals surface area (Å²) >= 11 is 0. The number of alkyl halides is 3.